The van der Waals surface area contributed by atoms with Crippen LogP contribution in [0.2, 0.25) is 0 Å². The monoisotopic (exact) mass is 522 g/mol. The van der Waals surface area contributed by atoms with Crippen LogP contribution < -0.4 is 16.0 Å². The number of piperidine rings is 2. The van der Waals surface area contributed by atoms with Gasteiger partial charge in [0.05, 0.1) is 16.4 Å². The zero-order valence-electron chi connectivity index (χ0n) is 21.0. The van der Waals surface area contributed by atoms with Crippen LogP contribution >= 0.6 is 0 Å². The second kappa shape index (κ2) is 10.3. The molecule has 37 heavy (non-hydrogen) atoms. The van der Waals surface area contributed by atoms with Gasteiger partial charge >= 0.3 is 0 Å². The van der Waals surface area contributed by atoms with Crippen LogP contribution in [0, 0.1) is 17.2 Å². The lowest BCUT2D eigenvalue weighted by molar-refractivity contribution is -0.119. The van der Waals surface area contributed by atoms with Crippen molar-refractivity contribution in [2.45, 2.75) is 61.3 Å². The molecule has 2 aliphatic heterocycles. The molecule has 1 aromatic heterocycles. The highest BCUT2D eigenvalue weighted by Crippen LogP contribution is 2.47. The highest BCUT2D eigenvalue weighted by molar-refractivity contribution is 7.89. The average molecular weight is 523 g/mol. The first-order valence-electron chi connectivity index (χ1n) is 13.1. The second-order valence-electron chi connectivity index (χ2n) is 10.5. The van der Waals surface area contributed by atoms with Gasteiger partial charge in [0.15, 0.2) is 0 Å². The smallest absolute Gasteiger partial charge is 0.243 e. The molecule has 2 aromatic rings. The van der Waals surface area contributed by atoms with Crippen molar-refractivity contribution >= 4 is 27.4 Å². The van der Waals surface area contributed by atoms with Crippen LogP contribution in [0.5, 0.6) is 0 Å². The number of pyridine rings is 1. The summed E-state index contributed by atoms with van der Waals surface area (Å²) >= 11 is 0. The maximum Gasteiger partial charge on any atom is 0.243 e. The van der Waals surface area contributed by atoms with E-state index < -0.39 is 10.0 Å². The summed E-state index contributed by atoms with van der Waals surface area (Å²) in [6.45, 7) is 2.57. The SMILES string of the molecule is N#CC1(c2ccc(NC3CCN(S(=O)(=O)c4ccc(N5CCC(CC(N)=O)CC5)cc4)CC3)nc2)CC1. The molecule has 3 heterocycles. The van der Waals surface area contributed by atoms with E-state index in [0.29, 0.717) is 43.2 Å². The van der Waals surface area contributed by atoms with Crippen LogP contribution in [0.15, 0.2) is 47.5 Å². The first-order chi connectivity index (χ1) is 17.8. The van der Waals surface area contributed by atoms with E-state index in [-0.39, 0.29) is 17.4 Å². The van der Waals surface area contributed by atoms with Gasteiger partial charge in [0.25, 0.3) is 0 Å². The van der Waals surface area contributed by atoms with E-state index in [2.05, 4.69) is 21.3 Å². The topological polar surface area (TPSA) is 132 Å². The van der Waals surface area contributed by atoms with Crippen LogP contribution in [0.1, 0.15) is 50.5 Å². The van der Waals surface area contributed by atoms with Gasteiger partial charge in [0, 0.05) is 50.5 Å². The molecule has 1 aromatic carbocycles. The molecule has 1 saturated carbocycles. The molecular weight excluding hydrogens is 488 g/mol. The standard InChI is InChI=1S/C27H34N6O3S/c28-19-27(11-12-27)21-1-6-26(30-18-21)31-22-9-15-33(16-10-22)37(35,36)24-4-2-23(3-5-24)32-13-7-20(8-14-32)17-25(29)34/h1-6,18,20,22H,7-17H2,(H2,29,34)(H,30,31). The van der Waals surface area contributed by atoms with Crippen molar-refractivity contribution < 1.29 is 13.2 Å². The van der Waals surface area contributed by atoms with Crippen molar-refractivity contribution in [3.63, 3.8) is 0 Å². The lowest BCUT2D eigenvalue weighted by Crippen LogP contribution is -2.42. The number of nitrogens with zero attached hydrogens (tertiary/aromatic N) is 4. The van der Waals surface area contributed by atoms with Gasteiger partial charge in [-0.05, 0) is 80.3 Å². The van der Waals surface area contributed by atoms with Crippen molar-refractivity contribution in [2.75, 3.05) is 36.4 Å². The van der Waals surface area contributed by atoms with Crippen LogP contribution in [-0.2, 0) is 20.2 Å². The van der Waals surface area contributed by atoms with Crippen molar-refractivity contribution in [3.05, 3.63) is 48.2 Å². The summed E-state index contributed by atoms with van der Waals surface area (Å²) in [7, 11) is -3.56. The van der Waals surface area contributed by atoms with Gasteiger partial charge in [-0.15, -0.1) is 0 Å². The number of hydrogen-bond donors (Lipinski definition) is 2. The molecule has 3 aliphatic rings. The van der Waals surface area contributed by atoms with E-state index in [4.69, 9.17) is 5.73 Å². The number of primary amides is 1. The number of amides is 1. The third-order valence-electron chi connectivity index (χ3n) is 8.03. The van der Waals surface area contributed by atoms with Gasteiger partial charge in [-0.1, -0.05) is 6.07 Å². The highest BCUT2D eigenvalue weighted by Gasteiger charge is 2.45. The Morgan fingerprint density at radius 2 is 1.73 bits per heavy atom. The lowest BCUT2D eigenvalue weighted by Gasteiger charge is -2.34. The summed E-state index contributed by atoms with van der Waals surface area (Å²) in [6.07, 6.45) is 7.22. The molecule has 0 unspecified atom stereocenters. The van der Waals surface area contributed by atoms with Gasteiger partial charge in [0.2, 0.25) is 15.9 Å². The number of sulfonamides is 1. The molecule has 5 rings (SSSR count). The molecule has 3 fully saturated rings. The number of anilines is 2. The zero-order chi connectivity index (χ0) is 26.0. The Hall–Kier alpha value is -3.16. The number of carbonyl (C=O) groups excluding carboxylic acids is 1. The fourth-order valence-electron chi connectivity index (χ4n) is 5.46. The Kier molecular flexibility index (Phi) is 7.10. The number of nitrogens with two attached hydrogens (primary N) is 1. The summed E-state index contributed by atoms with van der Waals surface area (Å²) in [5.74, 6) is 0.842. The largest absolute Gasteiger partial charge is 0.372 e. The summed E-state index contributed by atoms with van der Waals surface area (Å²) in [5.41, 5.74) is 6.96. The molecule has 3 N–H and O–H groups in total. The van der Waals surface area contributed by atoms with Gasteiger partial charge in [-0.25, -0.2) is 13.4 Å². The fraction of sp³-hybridized carbons (Fsp3) is 0.519. The first-order valence-corrected chi connectivity index (χ1v) is 14.5. The van der Waals surface area contributed by atoms with Crippen molar-refractivity contribution in [1.29, 1.82) is 5.26 Å². The van der Waals surface area contributed by atoms with E-state index >= 15 is 0 Å². The summed E-state index contributed by atoms with van der Waals surface area (Å²) in [5, 5.41) is 12.8. The number of rotatable bonds is 8. The molecule has 196 valence electrons. The van der Waals surface area contributed by atoms with E-state index in [1.807, 2.05) is 24.3 Å². The minimum absolute atomic E-state index is 0.149. The predicted octanol–water partition coefficient (Wildman–Crippen LogP) is 2.99. The molecule has 0 spiro atoms. The third kappa shape index (κ3) is 5.58. The quantitative estimate of drug-likeness (QED) is 0.545. The van der Waals surface area contributed by atoms with Gasteiger partial charge in [-0.3, -0.25) is 4.79 Å². The first kappa shape index (κ1) is 25.5. The van der Waals surface area contributed by atoms with E-state index in [1.54, 1.807) is 22.6 Å². The average Bonchev–Trinajstić information content (AvgIpc) is 3.71. The Labute approximate surface area is 218 Å². The summed E-state index contributed by atoms with van der Waals surface area (Å²) < 4.78 is 28.1. The molecule has 0 bridgehead atoms. The van der Waals surface area contributed by atoms with Gasteiger partial charge < -0.3 is 16.0 Å². The number of carbonyl (C=O) groups is 1. The zero-order valence-corrected chi connectivity index (χ0v) is 21.8. The normalized spacial score (nSPS) is 20.8. The Morgan fingerprint density at radius 3 is 2.27 bits per heavy atom. The molecule has 0 atom stereocenters. The van der Waals surface area contributed by atoms with Crippen LogP contribution in [0.3, 0.4) is 0 Å². The van der Waals surface area contributed by atoms with Crippen LogP contribution in [0.25, 0.3) is 0 Å². The van der Waals surface area contributed by atoms with Gasteiger partial charge in [0.1, 0.15) is 5.82 Å². The van der Waals surface area contributed by atoms with E-state index in [1.165, 1.54) is 0 Å². The molecule has 2 saturated heterocycles. The summed E-state index contributed by atoms with van der Waals surface area (Å²) in [4.78, 5) is 18.2. The minimum atomic E-state index is -3.56. The number of nitriles is 1. The Balaban J connectivity index is 1.13. The van der Waals surface area contributed by atoms with Crippen molar-refractivity contribution in [1.82, 2.24) is 9.29 Å². The van der Waals surface area contributed by atoms with Gasteiger partial charge in [-0.2, -0.15) is 9.57 Å². The molecule has 1 amide bonds. The Morgan fingerprint density at radius 1 is 1.05 bits per heavy atom. The third-order valence-corrected chi connectivity index (χ3v) is 9.94. The lowest BCUT2D eigenvalue weighted by atomic mass is 9.93. The molecule has 1 aliphatic carbocycles. The number of aromatic nitrogens is 1. The van der Waals surface area contributed by atoms with E-state index in [0.717, 1.165) is 55.8 Å². The predicted molar refractivity (Wildman–Crippen MR) is 141 cm³/mol. The minimum Gasteiger partial charge on any atom is -0.372 e. The second-order valence-corrected chi connectivity index (χ2v) is 12.5. The fourth-order valence-corrected chi connectivity index (χ4v) is 6.93. The Bertz CT molecular complexity index is 1250. The molecule has 0 radical (unpaired) electrons. The molecule has 10 heteroatoms. The summed E-state index contributed by atoms with van der Waals surface area (Å²) in [6, 6.07) is 13.6. The molecular formula is C27H34N6O3S. The maximum atomic E-state index is 13.3. The van der Waals surface area contributed by atoms with Crippen molar-refractivity contribution in [2.24, 2.45) is 11.7 Å². The number of nitrogens with one attached hydrogen (secondary N) is 1. The van der Waals surface area contributed by atoms with Crippen LogP contribution in [0.4, 0.5) is 11.5 Å². The van der Waals surface area contributed by atoms with Crippen LogP contribution in [-0.4, -0.2) is 55.8 Å². The maximum absolute atomic E-state index is 13.3. The number of hydrogen-bond acceptors (Lipinski definition) is 7. The molecule has 9 nitrogen and oxygen atoms in total. The van der Waals surface area contributed by atoms with E-state index in [9.17, 15) is 18.5 Å². The van der Waals surface area contributed by atoms with Crippen molar-refractivity contribution in [3.8, 4) is 6.07 Å². The number of benzene rings is 1. The highest BCUT2D eigenvalue weighted by atomic mass is 32.2.